The molecule has 1 aromatic carbocycles. The van der Waals surface area contributed by atoms with Crippen molar-refractivity contribution in [3.63, 3.8) is 0 Å². The Kier molecular flexibility index (Phi) is 19.6. The van der Waals surface area contributed by atoms with E-state index in [1.807, 2.05) is 13.8 Å². The van der Waals surface area contributed by atoms with Gasteiger partial charge in [0.25, 0.3) is 0 Å². The summed E-state index contributed by atoms with van der Waals surface area (Å²) in [7, 11) is 0. The lowest BCUT2D eigenvalue weighted by atomic mass is 9.83. The van der Waals surface area contributed by atoms with Crippen LogP contribution in [0.4, 0.5) is 10.1 Å². The maximum atomic E-state index is 15.1. The van der Waals surface area contributed by atoms with Crippen molar-refractivity contribution in [2.75, 3.05) is 44.2 Å². The Bertz CT molecular complexity index is 1370. The van der Waals surface area contributed by atoms with E-state index in [1.54, 1.807) is 6.20 Å². The first kappa shape index (κ1) is 43.3. The third-order valence-corrected chi connectivity index (χ3v) is 9.81. The number of carbonyl (C=O) groups excluding carboxylic acids is 1. The van der Waals surface area contributed by atoms with Gasteiger partial charge in [-0.25, -0.2) is 4.39 Å². The van der Waals surface area contributed by atoms with Gasteiger partial charge in [-0.3, -0.25) is 14.8 Å². The number of aryl methyl sites for hydroxylation is 2. The van der Waals surface area contributed by atoms with Gasteiger partial charge in [-0.1, -0.05) is 54.0 Å². The van der Waals surface area contributed by atoms with E-state index in [9.17, 15) is 0 Å². The molecule has 2 aliphatic heterocycles. The van der Waals surface area contributed by atoms with Crippen LogP contribution in [0.5, 0.6) is 0 Å². The Morgan fingerprint density at radius 2 is 1.76 bits per heavy atom. The summed E-state index contributed by atoms with van der Waals surface area (Å²) >= 11 is 0. The molecule has 1 saturated heterocycles. The van der Waals surface area contributed by atoms with E-state index in [1.165, 1.54) is 46.6 Å². The standard InChI is InChI=1S/C36H54FN5.C2H6.C2H4.CH3NO/c1-8-15-36(7,10-3)24-40-33-23-42(34-20-25(4)19-28-12-13-31(37)29(9-2)35(28)34)18-14-30(33)27(6)41-17-11-16-39-32(22-41)26(5)21-38;2*1-2;2-1-3/h19-21H,8-18,22-24,38H2,1-7H3;1-2H3;1-2H2;1H,(H2,2,3)/b26-21-,30-27+,40-33?;;;. The van der Waals surface area contributed by atoms with Crippen molar-refractivity contribution in [3.05, 3.63) is 70.9 Å². The zero-order valence-corrected chi connectivity index (χ0v) is 32.4. The molecule has 1 atom stereocenters. The van der Waals surface area contributed by atoms with Gasteiger partial charge in [-0.15, -0.1) is 13.2 Å². The second kappa shape index (κ2) is 22.1. The largest absolute Gasteiger partial charge is 0.404 e. The molecule has 0 radical (unpaired) electrons. The Hall–Kier alpha value is -3.68. The monoisotopic (exact) mass is 679 g/mol. The number of fused-ring (bicyclic) bond motifs is 1. The van der Waals surface area contributed by atoms with Crippen LogP contribution in [0.25, 0.3) is 5.57 Å². The first-order chi connectivity index (χ1) is 23.6. The van der Waals surface area contributed by atoms with Crippen LogP contribution in [-0.4, -0.2) is 62.0 Å². The molecule has 0 saturated carbocycles. The van der Waals surface area contributed by atoms with Crippen molar-refractivity contribution in [1.29, 1.82) is 0 Å². The zero-order valence-electron chi connectivity index (χ0n) is 32.4. The van der Waals surface area contributed by atoms with E-state index in [0.717, 1.165) is 93.8 Å². The fourth-order valence-corrected chi connectivity index (χ4v) is 6.89. The lowest BCUT2D eigenvalue weighted by Gasteiger charge is -2.38. The number of rotatable bonds is 9. The highest BCUT2D eigenvalue weighted by atomic mass is 19.1. The van der Waals surface area contributed by atoms with Gasteiger partial charge < -0.3 is 21.3 Å². The van der Waals surface area contributed by atoms with Crippen molar-refractivity contribution >= 4 is 29.1 Å². The van der Waals surface area contributed by atoms with Gasteiger partial charge in [-0.2, -0.15) is 0 Å². The first-order valence-electron chi connectivity index (χ1n) is 18.4. The third kappa shape index (κ3) is 11.7. The molecule has 1 aliphatic carbocycles. The lowest BCUT2D eigenvalue weighted by Crippen LogP contribution is -2.41. The van der Waals surface area contributed by atoms with Crippen molar-refractivity contribution in [3.8, 4) is 0 Å². The second-order valence-electron chi connectivity index (χ2n) is 13.1. The molecule has 4 rings (SSSR count). The Morgan fingerprint density at radius 3 is 2.35 bits per heavy atom. The number of benzene rings is 1. The normalized spacial score (nSPS) is 19.4. The first-order valence-corrected chi connectivity index (χ1v) is 18.4. The maximum absolute atomic E-state index is 15.1. The van der Waals surface area contributed by atoms with Gasteiger partial charge >= 0.3 is 0 Å². The van der Waals surface area contributed by atoms with Crippen LogP contribution >= 0.6 is 0 Å². The number of piperidine rings is 1. The van der Waals surface area contributed by atoms with Crippen LogP contribution in [0.3, 0.4) is 0 Å². The highest BCUT2D eigenvalue weighted by molar-refractivity contribution is 6.06. The van der Waals surface area contributed by atoms with E-state index in [2.05, 4.69) is 89.3 Å². The predicted octanol–water partition coefficient (Wildman–Crippen LogP) is 9.11. The number of amides is 1. The molecule has 4 N–H and O–H groups in total. The Morgan fingerprint density at radius 1 is 1.08 bits per heavy atom. The van der Waals surface area contributed by atoms with Gasteiger partial charge in [0.2, 0.25) is 6.41 Å². The van der Waals surface area contributed by atoms with Crippen LogP contribution in [0.1, 0.15) is 117 Å². The fourth-order valence-electron chi connectivity index (χ4n) is 6.89. The number of hydrogen-bond donors (Lipinski definition) is 2. The number of nitrogens with zero attached hydrogens (tertiary/aromatic N) is 4. The average molecular weight is 679 g/mol. The summed E-state index contributed by atoms with van der Waals surface area (Å²) in [6, 6.07) is 4.54. The van der Waals surface area contributed by atoms with Crippen molar-refractivity contribution in [2.45, 2.75) is 114 Å². The molecule has 1 amide bonds. The summed E-state index contributed by atoms with van der Waals surface area (Å²) in [5.41, 5.74) is 22.0. The second-order valence-corrected chi connectivity index (χ2v) is 13.1. The average Bonchev–Trinajstić information content (AvgIpc) is 3.39. The molecule has 1 unspecified atom stereocenters. The summed E-state index contributed by atoms with van der Waals surface area (Å²) < 4.78 is 15.1. The van der Waals surface area contributed by atoms with Crippen LogP contribution in [-0.2, 0) is 11.2 Å². The molecule has 7 nitrogen and oxygen atoms in total. The molecule has 1 fully saturated rings. The van der Waals surface area contributed by atoms with Gasteiger partial charge in [0.1, 0.15) is 5.83 Å². The Labute approximate surface area is 298 Å². The van der Waals surface area contributed by atoms with Crippen LogP contribution in [0, 0.1) is 12.3 Å². The number of nitrogens with two attached hydrogens (primary N) is 2. The molecule has 1 aromatic rings. The molecule has 8 heteroatoms. The number of carbonyl (C=O) groups is 1. The number of allylic oxidation sites excluding steroid dienone is 3. The minimum atomic E-state index is 0.0659. The molecule has 3 aliphatic rings. The summed E-state index contributed by atoms with van der Waals surface area (Å²) in [6.07, 6.45) is 9.35. The minimum absolute atomic E-state index is 0.0659. The summed E-state index contributed by atoms with van der Waals surface area (Å²) in [5, 5.41) is 0. The van der Waals surface area contributed by atoms with Crippen LogP contribution < -0.4 is 16.4 Å². The molecule has 49 heavy (non-hydrogen) atoms. The summed E-state index contributed by atoms with van der Waals surface area (Å²) in [5.74, 6) is 0.0659. The maximum Gasteiger partial charge on any atom is 0.204 e. The number of aliphatic imine (C=N–C) groups is 2. The Balaban J connectivity index is 0.00000160. The molecule has 0 spiro atoms. The van der Waals surface area contributed by atoms with Crippen LogP contribution in [0.15, 0.2) is 64.1 Å². The smallest absolute Gasteiger partial charge is 0.204 e. The SMILES string of the molecule is C=C.CC.CCCC(C)(CC)CN=C1CN(c2cc(C)cc3c2C(CC)=C(F)CC3)CC/C1=C(/C)N1CCCN=C(/C(C)=C\N)C1.NC=O. The predicted molar refractivity (Wildman–Crippen MR) is 212 cm³/mol. The summed E-state index contributed by atoms with van der Waals surface area (Å²) in [6.45, 7) is 30.6. The van der Waals surface area contributed by atoms with Crippen molar-refractivity contribution in [1.82, 2.24) is 4.90 Å². The van der Waals surface area contributed by atoms with Gasteiger partial charge in [0.15, 0.2) is 0 Å². The number of anilines is 1. The lowest BCUT2D eigenvalue weighted by molar-refractivity contribution is -0.106. The van der Waals surface area contributed by atoms with Crippen LogP contribution in [0.2, 0.25) is 0 Å². The van der Waals surface area contributed by atoms with E-state index < -0.39 is 0 Å². The topological polar surface area (TPSA) is 100 Å². The minimum Gasteiger partial charge on any atom is -0.404 e. The fraction of sp³-hybridized carbons (Fsp3) is 0.585. The molecular weight excluding hydrogens is 611 g/mol. The zero-order chi connectivity index (χ0) is 37.1. The molecule has 0 bridgehead atoms. The number of hydrogen-bond acceptors (Lipinski definition) is 6. The van der Waals surface area contributed by atoms with E-state index >= 15 is 4.39 Å². The van der Waals surface area contributed by atoms with Crippen molar-refractivity contribution in [2.24, 2.45) is 26.9 Å². The van der Waals surface area contributed by atoms with Gasteiger partial charge in [0, 0.05) is 49.5 Å². The molecule has 0 aromatic heterocycles. The molecule has 2 heterocycles. The van der Waals surface area contributed by atoms with E-state index in [-0.39, 0.29) is 17.7 Å². The third-order valence-electron chi connectivity index (χ3n) is 9.81. The van der Waals surface area contributed by atoms with E-state index in [4.69, 9.17) is 20.5 Å². The number of halogens is 1. The highest BCUT2D eigenvalue weighted by Gasteiger charge is 2.30. The van der Waals surface area contributed by atoms with E-state index in [0.29, 0.717) is 6.42 Å². The quantitative estimate of drug-likeness (QED) is 0.201. The highest BCUT2D eigenvalue weighted by Crippen LogP contribution is 2.42. The van der Waals surface area contributed by atoms with Gasteiger partial charge in [-0.05, 0) is 105 Å². The molecular formula is C41H67FN6O. The van der Waals surface area contributed by atoms with Crippen molar-refractivity contribution < 1.29 is 9.18 Å². The summed E-state index contributed by atoms with van der Waals surface area (Å²) in [4.78, 5) is 23.8. The number of primary amides is 1. The van der Waals surface area contributed by atoms with Gasteiger partial charge in [0.05, 0.1) is 24.5 Å². The molecule has 274 valence electrons.